The molecular formula is C16H16ClNO3. The number of rotatable bonds is 2. The second-order valence-electron chi connectivity index (χ2n) is 4.70. The molecule has 0 aromatic heterocycles. The molecule has 2 aromatic rings. The van der Waals surface area contributed by atoms with E-state index in [1.54, 1.807) is 12.1 Å². The van der Waals surface area contributed by atoms with Gasteiger partial charge in [0, 0.05) is 18.7 Å². The minimum absolute atomic E-state index is 0. The van der Waals surface area contributed by atoms with Gasteiger partial charge < -0.3 is 15.2 Å². The SMILES string of the molecule is Cl.O=C(O)c1ccccc1-c1ccc2c(c1)CNCCO2. The Morgan fingerprint density at radius 3 is 2.81 bits per heavy atom. The number of carbonyl (C=O) groups is 1. The number of aromatic carboxylic acids is 1. The van der Waals surface area contributed by atoms with Crippen molar-refractivity contribution in [1.82, 2.24) is 5.32 Å². The Morgan fingerprint density at radius 2 is 2.00 bits per heavy atom. The molecule has 0 saturated carbocycles. The van der Waals surface area contributed by atoms with Gasteiger partial charge in [0.05, 0.1) is 5.56 Å². The van der Waals surface area contributed by atoms with Crippen molar-refractivity contribution in [3.05, 3.63) is 53.6 Å². The molecule has 0 saturated heterocycles. The van der Waals surface area contributed by atoms with Gasteiger partial charge in [-0.15, -0.1) is 12.4 Å². The molecule has 1 aliphatic rings. The number of carboxylic acids is 1. The van der Waals surface area contributed by atoms with E-state index in [-0.39, 0.29) is 12.4 Å². The molecule has 5 heteroatoms. The van der Waals surface area contributed by atoms with Gasteiger partial charge in [0.2, 0.25) is 0 Å². The summed E-state index contributed by atoms with van der Waals surface area (Å²) in [6.45, 7) is 2.20. The number of ether oxygens (including phenoxy) is 1. The Morgan fingerprint density at radius 1 is 1.19 bits per heavy atom. The zero-order chi connectivity index (χ0) is 13.9. The van der Waals surface area contributed by atoms with Crippen molar-refractivity contribution in [3.8, 4) is 16.9 Å². The average molecular weight is 306 g/mol. The first-order valence-electron chi connectivity index (χ1n) is 6.55. The molecule has 0 atom stereocenters. The van der Waals surface area contributed by atoms with Crippen LogP contribution in [-0.4, -0.2) is 24.2 Å². The molecule has 3 rings (SSSR count). The monoisotopic (exact) mass is 305 g/mol. The zero-order valence-corrected chi connectivity index (χ0v) is 12.2. The molecule has 21 heavy (non-hydrogen) atoms. The third-order valence-electron chi connectivity index (χ3n) is 3.38. The van der Waals surface area contributed by atoms with Crippen molar-refractivity contribution in [3.63, 3.8) is 0 Å². The molecule has 0 spiro atoms. The Bertz CT molecular complexity index is 658. The number of hydrogen-bond donors (Lipinski definition) is 2. The van der Waals surface area contributed by atoms with Crippen LogP contribution >= 0.6 is 12.4 Å². The first-order valence-corrected chi connectivity index (χ1v) is 6.55. The molecule has 0 fully saturated rings. The quantitative estimate of drug-likeness (QED) is 0.895. The lowest BCUT2D eigenvalue weighted by Crippen LogP contribution is -2.16. The van der Waals surface area contributed by atoms with Gasteiger partial charge in [-0.3, -0.25) is 0 Å². The van der Waals surface area contributed by atoms with Crippen LogP contribution < -0.4 is 10.1 Å². The van der Waals surface area contributed by atoms with E-state index >= 15 is 0 Å². The molecule has 4 nitrogen and oxygen atoms in total. The van der Waals surface area contributed by atoms with Crippen molar-refractivity contribution >= 4 is 18.4 Å². The van der Waals surface area contributed by atoms with E-state index in [4.69, 9.17) is 4.74 Å². The van der Waals surface area contributed by atoms with Crippen LogP contribution in [0.25, 0.3) is 11.1 Å². The van der Waals surface area contributed by atoms with Gasteiger partial charge in [-0.1, -0.05) is 24.3 Å². The maximum Gasteiger partial charge on any atom is 0.336 e. The maximum atomic E-state index is 11.3. The van der Waals surface area contributed by atoms with Gasteiger partial charge in [0.25, 0.3) is 0 Å². The Hall–Kier alpha value is -2.04. The van der Waals surface area contributed by atoms with E-state index in [1.165, 1.54) is 0 Å². The number of halogens is 1. The second kappa shape index (κ2) is 6.61. The predicted octanol–water partition coefficient (Wildman–Crippen LogP) is 2.96. The minimum Gasteiger partial charge on any atom is -0.492 e. The topological polar surface area (TPSA) is 58.6 Å². The van der Waals surface area contributed by atoms with Gasteiger partial charge in [0.15, 0.2) is 0 Å². The normalized spacial score (nSPS) is 13.3. The molecule has 1 heterocycles. The summed E-state index contributed by atoms with van der Waals surface area (Å²) in [7, 11) is 0. The summed E-state index contributed by atoms with van der Waals surface area (Å²) in [6.07, 6.45) is 0. The number of carboxylic acid groups (broad SMARTS) is 1. The fourth-order valence-electron chi connectivity index (χ4n) is 2.40. The molecule has 0 amide bonds. The molecule has 1 aliphatic heterocycles. The van der Waals surface area contributed by atoms with E-state index in [9.17, 15) is 9.90 Å². The van der Waals surface area contributed by atoms with Crippen molar-refractivity contribution in [2.75, 3.05) is 13.2 Å². The van der Waals surface area contributed by atoms with Gasteiger partial charge >= 0.3 is 5.97 Å². The summed E-state index contributed by atoms with van der Waals surface area (Å²) >= 11 is 0. The molecule has 2 N–H and O–H groups in total. The van der Waals surface area contributed by atoms with E-state index < -0.39 is 5.97 Å². The Labute approximate surface area is 129 Å². The molecular weight excluding hydrogens is 290 g/mol. The lowest BCUT2D eigenvalue weighted by atomic mass is 9.97. The molecule has 0 aliphatic carbocycles. The van der Waals surface area contributed by atoms with Crippen LogP contribution in [-0.2, 0) is 6.54 Å². The van der Waals surface area contributed by atoms with Crippen LogP contribution in [0.1, 0.15) is 15.9 Å². The van der Waals surface area contributed by atoms with Crippen LogP contribution in [0.4, 0.5) is 0 Å². The third kappa shape index (κ3) is 3.17. The standard InChI is InChI=1S/C16H15NO3.ClH/c18-16(19)14-4-2-1-3-13(14)11-5-6-15-12(9-11)10-17-7-8-20-15;/h1-6,9,17H,7-8,10H2,(H,18,19);1H. The largest absolute Gasteiger partial charge is 0.492 e. The van der Waals surface area contributed by atoms with E-state index in [0.717, 1.165) is 35.5 Å². The van der Waals surface area contributed by atoms with Crippen LogP contribution in [0.5, 0.6) is 5.75 Å². The molecule has 0 bridgehead atoms. The first kappa shape index (κ1) is 15.4. The van der Waals surface area contributed by atoms with E-state index in [0.29, 0.717) is 12.2 Å². The van der Waals surface area contributed by atoms with Gasteiger partial charge in [-0.2, -0.15) is 0 Å². The fourth-order valence-corrected chi connectivity index (χ4v) is 2.40. The highest BCUT2D eigenvalue weighted by Gasteiger charge is 2.14. The molecule has 0 radical (unpaired) electrons. The van der Waals surface area contributed by atoms with E-state index in [2.05, 4.69) is 5.32 Å². The number of nitrogens with one attached hydrogen (secondary N) is 1. The smallest absolute Gasteiger partial charge is 0.336 e. The zero-order valence-electron chi connectivity index (χ0n) is 11.3. The number of hydrogen-bond acceptors (Lipinski definition) is 3. The third-order valence-corrected chi connectivity index (χ3v) is 3.38. The minimum atomic E-state index is -0.912. The van der Waals surface area contributed by atoms with Crippen LogP contribution in [0.3, 0.4) is 0 Å². The summed E-state index contributed by atoms with van der Waals surface area (Å²) in [4.78, 5) is 11.3. The van der Waals surface area contributed by atoms with E-state index in [1.807, 2.05) is 30.3 Å². The van der Waals surface area contributed by atoms with Gasteiger partial charge in [-0.05, 0) is 29.3 Å². The van der Waals surface area contributed by atoms with Gasteiger partial charge in [-0.25, -0.2) is 4.79 Å². The second-order valence-corrected chi connectivity index (χ2v) is 4.70. The number of benzene rings is 2. The van der Waals surface area contributed by atoms with Crippen LogP contribution in [0.2, 0.25) is 0 Å². The summed E-state index contributed by atoms with van der Waals surface area (Å²) < 4.78 is 5.64. The van der Waals surface area contributed by atoms with Crippen LogP contribution in [0.15, 0.2) is 42.5 Å². The number of fused-ring (bicyclic) bond motifs is 1. The summed E-state index contributed by atoms with van der Waals surface area (Å²) in [5.41, 5.74) is 3.00. The van der Waals surface area contributed by atoms with Gasteiger partial charge in [0.1, 0.15) is 12.4 Å². The molecule has 2 aromatic carbocycles. The molecule has 110 valence electrons. The van der Waals surface area contributed by atoms with Crippen molar-refractivity contribution in [2.24, 2.45) is 0 Å². The highest BCUT2D eigenvalue weighted by Crippen LogP contribution is 2.29. The summed E-state index contributed by atoms with van der Waals surface area (Å²) in [5, 5.41) is 12.6. The lowest BCUT2D eigenvalue weighted by Gasteiger charge is -2.11. The predicted molar refractivity (Wildman–Crippen MR) is 83.3 cm³/mol. The summed E-state index contributed by atoms with van der Waals surface area (Å²) in [5.74, 6) is -0.0449. The van der Waals surface area contributed by atoms with Crippen LogP contribution in [0, 0.1) is 0 Å². The highest BCUT2D eigenvalue weighted by atomic mass is 35.5. The Kier molecular flexibility index (Phi) is 4.83. The average Bonchev–Trinajstić information content (AvgIpc) is 2.71. The maximum absolute atomic E-state index is 11.3. The molecule has 0 unspecified atom stereocenters. The lowest BCUT2D eigenvalue weighted by molar-refractivity contribution is 0.0697. The summed E-state index contributed by atoms with van der Waals surface area (Å²) in [6, 6.07) is 12.9. The van der Waals surface area contributed by atoms with Crippen molar-refractivity contribution in [2.45, 2.75) is 6.54 Å². The Balaban J connectivity index is 0.00000161. The van der Waals surface area contributed by atoms with Crippen molar-refractivity contribution in [1.29, 1.82) is 0 Å². The fraction of sp³-hybridized carbons (Fsp3) is 0.188. The highest BCUT2D eigenvalue weighted by molar-refractivity contribution is 5.96. The van der Waals surface area contributed by atoms with Crippen molar-refractivity contribution < 1.29 is 14.6 Å². The first-order chi connectivity index (χ1) is 9.75.